The molecule has 0 aromatic heterocycles. The van der Waals surface area contributed by atoms with Crippen LogP contribution >= 0.6 is 0 Å². The van der Waals surface area contributed by atoms with Gasteiger partial charge < -0.3 is 20.2 Å². The highest BCUT2D eigenvalue weighted by atomic mass is 16.3. The van der Waals surface area contributed by atoms with Crippen LogP contribution in [0.25, 0.3) is 0 Å². The summed E-state index contributed by atoms with van der Waals surface area (Å²) < 4.78 is 0. The van der Waals surface area contributed by atoms with Crippen molar-refractivity contribution in [2.75, 3.05) is 6.54 Å². The molecule has 4 rings (SSSR count). The number of hydrogen-bond donors (Lipinski definition) is 2. The standard InChI is InChI=1S/C30H37N3O4/c1-19(2)17-23(31-27(35)20-11-13-22(14-12-20)30(3,4)5)29(37)32-16-15-24-26(32)25(34)18-33(24)28(36)21-9-7-6-8-10-21/h6-14,18-19,23-24,26,34H,15-17H2,1-5H3,(H,31,35)/t23-,24+,26-/m0/s1. The minimum atomic E-state index is -0.736. The number of carbonyl (C=O) groups excluding carboxylic acids is 3. The largest absolute Gasteiger partial charge is 0.508 e. The molecule has 3 amide bonds. The number of rotatable bonds is 6. The van der Waals surface area contributed by atoms with Gasteiger partial charge in [-0.2, -0.15) is 0 Å². The van der Waals surface area contributed by atoms with Crippen LogP contribution in [0.3, 0.4) is 0 Å². The molecule has 196 valence electrons. The molecule has 0 spiro atoms. The van der Waals surface area contributed by atoms with Crippen molar-refractivity contribution < 1.29 is 19.5 Å². The predicted octanol–water partition coefficient (Wildman–Crippen LogP) is 4.65. The van der Waals surface area contributed by atoms with Gasteiger partial charge >= 0.3 is 0 Å². The summed E-state index contributed by atoms with van der Waals surface area (Å²) in [5, 5.41) is 13.7. The summed E-state index contributed by atoms with van der Waals surface area (Å²) in [6.45, 7) is 10.8. The van der Waals surface area contributed by atoms with Crippen LogP contribution in [0.4, 0.5) is 0 Å². The maximum Gasteiger partial charge on any atom is 0.258 e. The molecule has 2 heterocycles. The van der Waals surface area contributed by atoms with Crippen molar-refractivity contribution in [1.82, 2.24) is 15.1 Å². The van der Waals surface area contributed by atoms with E-state index in [4.69, 9.17) is 0 Å². The number of aliphatic hydroxyl groups is 1. The minimum absolute atomic E-state index is 0.00692. The number of aliphatic hydroxyl groups excluding tert-OH is 1. The van der Waals surface area contributed by atoms with Crippen LogP contribution in [0.1, 0.15) is 73.7 Å². The summed E-state index contributed by atoms with van der Waals surface area (Å²) in [5.41, 5.74) is 2.13. The third kappa shape index (κ3) is 5.55. The van der Waals surface area contributed by atoms with Crippen molar-refractivity contribution in [2.24, 2.45) is 5.92 Å². The van der Waals surface area contributed by atoms with Gasteiger partial charge in [0.15, 0.2) is 0 Å². The molecule has 2 aromatic carbocycles. The number of fused-ring (bicyclic) bond motifs is 1. The maximum absolute atomic E-state index is 13.7. The topological polar surface area (TPSA) is 89.9 Å². The summed E-state index contributed by atoms with van der Waals surface area (Å²) >= 11 is 0. The molecule has 7 nitrogen and oxygen atoms in total. The Balaban J connectivity index is 1.50. The highest BCUT2D eigenvalue weighted by Crippen LogP contribution is 2.35. The molecular formula is C30H37N3O4. The van der Waals surface area contributed by atoms with Crippen LogP contribution in [-0.2, 0) is 10.2 Å². The summed E-state index contributed by atoms with van der Waals surface area (Å²) in [5.74, 6) is -0.593. The number of amides is 3. The lowest BCUT2D eigenvalue weighted by molar-refractivity contribution is -0.134. The maximum atomic E-state index is 13.7. The second-order valence-corrected chi connectivity index (χ2v) is 11.4. The lowest BCUT2D eigenvalue weighted by Crippen LogP contribution is -2.52. The molecule has 1 saturated heterocycles. The molecule has 0 radical (unpaired) electrons. The Morgan fingerprint density at radius 2 is 1.65 bits per heavy atom. The van der Waals surface area contributed by atoms with Gasteiger partial charge in [0.2, 0.25) is 5.91 Å². The van der Waals surface area contributed by atoms with Gasteiger partial charge in [0.05, 0.1) is 6.04 Å². The van der Waals surface area contributed by atoms with Crippen molar-refractivity contribution in [2.45, 2.75) is 71.0 Å². The number of carbonyl (C=O) groups is 3. The first-order valence-corrected chi connectivity index (χ1v) is 13.0. The average Bonchev–Trinajstić information content (AvgIpc) is 3.44. The van der Waals surface area contributed by atoms with E-state index in [9.17, 15) is 19.5 Å². The number of nitrogens with zero attached hydrogens (tertiary/aromatic N) is 2. The molecule has 2 aliphatic rings. The zero-order chi connectivity index (χ0) is 26.9. The molecule has 2 aliphatic heterocycles. The zero-order valence-corrected chi connectivity index (χ0v) is 22.3. The van der Waals surface area contributed by atoms with Gasteiger partial charge in [0.1, 0.15) is 17.8 Å². The van der Waals surface area contributed by atoms with Crippen LogP contribution in [0.15, 0.2) is 66.6 Å². The van der Waals surface area contributed by atoms with E-state index >= 15 is 0 Å². The molecular weight excluding hydrogens is 466 g/mol. The van der Waals surface area contributed by atoms with E-state index in [0.717, 1.165) is 5.56 Å². The van der Waals surface area contributed by atoms with Crippen molar-refractivity contribution >= 4 is 17.7 Å². The van der Waals surface area contributed by atoms with Crippen molar-refractivity contribution in [3.8, 4) is 0 Å². The van der Waals surface area contributed by atoms with E-state index in [2.05, 4.69) is 26.1 Å². The van der Waals surface area contributed by atoms with Crippen LogP contribution in [0, 0.1) is 5.92 Å². The number of likely N-dealkylation sites (tertiary alicyclic amines) is 1. The van der Waals surface area contributed by atoms with E-state index in [1.807, 2.05) is 32.0 Å². The van der Waals surface area contributed by atoms with E-state index < -0.39 is 12.1 Å². The lowest BCUT2D eigenvalue weighted by atomic mass is 9.86. The quantitative estimate of drug-likeness (QED) is 0.600. The first-order valence-electron chi connectivity index (χ1n) is 13.0. The molecule has 2 aromatic rings. The lowest BCUT2D eigenvalue weighted by Gasteiger charge is -2.30. The number of benzene rings is 2. The Morgan fingerprint density at radius 3 is 2.24 bits per heavy atom. The summed E-state index contributed by atoms with van der Waals surface area (Å²) in [6, 6.07) is 14.7. The summed E-state index contributed by atoms with van der Waals surface area (Å²) in [4.78, 5) is 43.1. The number of nitrogens with one attached hydrogen (secondary N) is 1. The molecule has 1 fully saturated rings. The van der Waals surface area contributed by atoms with Crippen LogP contribution in [0.5, 0.6) is 0 Å². The highest BCUT2D eigenvalue weighted by Gasteiger charge is 2.49. The van der Waals surface area contributed by atoms with Crippen molar-refractivity contribution in [1.29, 1.82) is 0 Å². The second kappa shape index (κ2) is 10.4. The molecule has 37 heavy (non-hydrogen) atoms. The van der Waals surface area contributed by atoms with E-state index in [1.54, 1.807) is 41.3 Å². The Hall–Kier alpha value is -3.61. The normalized spacial score (nSPS) is 20.0. The van der Waals surface area contributed by atoms with Gasteiger partial charge in [-0.05, 0) is 54.0 Å². The third-order valence-electron chi connectivity index (χ3n) is 7.16. The smallest absolute Gasteiger partial charge is 0.258 e. The molecule has 7 heteroatoms. The van der Waals surface area contributed by atoms with Gasteiger partial charge in [-0.15, -0.1) is 0 Å². The second-order valence-electron chi connectivity index (χ2n) is 11.4. The molecule has 3 atom stereocenters. The van der Waals surface area contributed by atoms with E-state index in [-0.39, 0.29) is 40.9 Å². The fourth-order valence-corrected chi connectivity index (χ4v) is 5.18. The van der Waals surface area contributed by atoms with Gasteiger partial charge in [0.25, 0.3) is 11.8 Å². The molecule has 0 aliphatic carbocycles. The molecule has 0 saturated carbocycles. The Morgan fingerprint density at radius 1 is 1.00 bits per heavy atom. The summed E-state index contributed by atoms with van der Waals surface area (Å²) in [7, 11) is 0. The van der Waals surface area contributed by atoms with Gasteiger partial charge in [-0.25, -0.2) is 0 Å². The molecule has 0 bridgehead atoms. The zero-order valence-electron chi connectivity index (χ0n) is 22.3. The van der Waals surface area contributed by atoms with Crippen LogP contribution in [-0.4, -0.2) is 57.3 Å². The van der Waals surface area contributed by atoms with E-state index in [0.29, 0.717) is 30.5 Å². The highest BCUT2D eigenvalue weighted by molar-refractivity contribution is 5.98. The first-order chi connectivity index (χ1) is 17.5. The monoisotopic (exact) mass is 503 g/mol. The SMILES string of the molecule is CC(C)C[C@H](NC(=O)c1ccc(C(C)(C)C)cc1)C(=O)N1CC[C@@H]2[C@H]1C(O)=CN2C(=O)c1ccccc1. The average molecular weight is 504 g/mol. The van der Waals surface area contributed by atoms with Crippen LogP contribution < -0.4 is 5.32 Å². The van der Waals surface area contributed by atoms with Crippen molar-refractivity contribution in [3.63, 3.8) is 0 Å². The van der Waals surface area contributed by atoms with Gasteiger partial charge in [-0.1, -0.05) is 65.0 Å². The van der Waals surface area contributed by atoms with Crippen molar-refractivity contribution in [3.05, 3.63) is 83.2 Å². The van der Waals surface area contributed by atoms with E-state index in [1.165, 1.54) is 11.1 Å². The fourth-order valence-electron chi connectivity index (χ4n) is 5.18. The number of hydrogen-bond acceptors (Lipinski definition) is 4. The first kappa shape index (κ1) is 26.5. The predicted molar refractivity (Wildman–Crippen MR) is 143 cm³/mol. The minimum Gasteiger partial charge on any atom is -0.508 e. The van der Waals surface area contributed by atoms with Gasteiger partial charge in [0, 0.05) is 23.9 Å². The van der Waals surface area contributed by atoms with Gasteiger partial charge in [-0.3, -0.25) is 14.4 Å². The molecule has 0 unspecified atom stereocenters. The Labute approximate surface area is 219 Å². The third-order valence-corrected chi connectivity index (χ3v) is 7.16. The van der Waals surface area contributed by atoms with Crippen LogP contribution in [0.2, 0.25) is 0 Å². The fraction of sp³-hybridized carbons (Fsp3) is 0.433. The Kier molecular flexibility index (Phi) is 7.44. The summed E-state index contributed by atoms with van der Waals surface area (Å²) in [6.07, 6.45) is 2.46. The molecule has 2 N–H and O–H groups in total. The Bertz CT molecular complexity index is 1180.